The van der Waals surface area contributed by atoms with Crippen LogP contribution >= 0.6 is 11.9 Å². The van der Waals surface area contributed by atoms with Crippen molar-refractivity contribution in [2.24, 2.45) is 9.98 Å². The number of pyridine rings is 2. The average Bonchev–Trinajstić information content (AvgIpc) is 3.13. The second-order valence-electron chi connectivity index (χ2n) is 7.44. The van der Waals surface area contributed by atoms with Crippen molar-refractivity contribution in [3.63, 3.8) is 0 Å². The molecule has 1 aliphatic heterocycles. The fraction of sp³-hybridized carbons (Fsp3) is 0.160. The van der Waals surface area contributed by atoms with Gasteiger partial charge in [0.2, 0.25) is 5.96 Å². The molecule has 2 aromatic heterocycles. The van der Waals surface area contributed by atoms with Crippen LogP contribution in [0.5, 0.6) is 0 Å². The van der Waals surface area contributed by atoms with E-state index in [4.69, 9.17) is 4.99 Å². The molecule has 1 atom stereocenters. The maximum Gasteiger partial charge on any atom is 0.235 e. The van der Waals surface area contributed by atoms with E-state index in [1.807, 2.05) is 67.0 Å². The molecule has 0 radical (unpaired) electrons. The van der Waals surface area contributed by atoms with Crippen molar-refractivity contribution in [2.45, 2.75) is 11.8 Å². The summed E-state index contributed by atoms with van der Waals surface area (Å²) < 4.78 is 0.857. The van der Waals surface area contributed by atoms with E-state index in [1.165, 1.54) is 0 Å². The van der Waals surface area contributed by atoms with Gasteiger partial charge in [-0.1, -0.05) is 30.3 Å². The van der Waals surface area contributed by atoms with Crippen molar-refractivity contribution >= 4 is 23.6 Å². The lowest BCUT2D eigenvalue weighted by atomic mass is 9.75. The maximum absolute atomic E-state index is 9.94. The highest BCUT2D eigenvalue weighted by atomic mass is 32.2. The number of hydrogen-bond acceptors (Lipinski definition) is 9. The van der Waals surface area contributed by atoms with Crippen LogP contribution in [0.1, 0.15) is 34.1 Å². The summed E-state index contributed by atoms with van der Waals surface area (Å²) in [5.41, 5.74) is 6.97. The molecule has 0 aliphatic carbocycles. The number of nitriles is 1. The number of benzene rings is 1. The largest absolute Gasteiger partial charge is 0.285 e. The summed E-state index contributed by atoms with van der Waals surface area (Å²) in [7, 11) is 0. The van der Waals surface area contributed by atoms with Gasteiger partial charge < -0.3 is 0 Å². The standard InChI is InChI=1S/C25H23N7OS/c1-34-32(33)31-25-29-13-5-10-22(30-25)24(19-7-2-6-18(14-19)15-26)23(20-8-3-11-27-16-20)21-9-4-12-28-17-21/h2-12,14,16-17,23-24,33H,13H2,1H3,(H,29,31). The highest BCUT2D eigenvalue weighted by Gasteiger charge is 2.31. The summed E-state index contributed by atoms with van der Waals surface area (Å²) in [5, 5.41) is 19.5. The number of nitrogens with zero attached hydrogens (tertiary/aromatic N) is 6. The van der Waals surface area contributed by atoms with Crippen LogP contribution in [0.15, 0.2) is 95.5 Å². The zero-order valence-corrected chi connectivity index (χ0v) is 19.3. The van der Waals surface area contributed by atoms with E-state index >= 15 is 0 Å². The molecule has 0 saturated carbocycles. The van der Waals surface area contributed by atoms with Crippen LogP contribution in [0, 0.1) is 11.3 Å². The summed E-state index contributed by atoms with van der Waals surface area (Å²) in [4.78, 5) is 17.9. The SMILES string of the molecule is CSN(O)NC1=NCC=CC(C(c2cccc(C#N)c2)C(c2cccnc2)c2cccnc2)=N1. The van der Waals surface area contributed by atoms with E-state index in [1.54, 1.807) is 24.7 Å². The average molecular weight is 470 g/mol. The predicted octanol–water partition coefficient (Wildman–Crippen LogP) is 4.10. The molecule has 34 heavy (non-hydrogen) atoms. The molecule has 170 valence electrons. The number of guanidine groups is 1. The topological polar surface area (TPSA) is 110 Å². The van der Waals surface area contributed by atoms with Crippen molar-refractivity contribution in [3.05, 3.63) is 108 Å². The third-order valence-electron chi connectivity index (χ3n) is 5.35. The molecule has 0 spiro atoms. The first-order valence-corrected chi connectivity index (χ1v) is 11.8. The summed E-state index contributed by atoms with van der Waals surface area (Å²) in [6.07, 6.45) is 12.8. The van der Waals surface area contributed by atoms with Crippen molar-refractivity contribution in [1.29, 1.82) is 5.26 Å². The van der Waals surface area contributed by atoms with E-state index in [-0.39, 0.29) is 17.8 Å². The van der Waals surface area contributed by atoms with Crippen LogP contribution < -0.4 is 5.43 Å². The van der Waals surface area contributed by atoms with E-state index in [0.717, 1.165) is 38.9 Å². The zero-order chi connectivity index (χ0) is 23.8. The van der Waals surface area contributed by atoms with Gasteiger partial charge >= 0.3 is 0 Å². The summed E-state index contributed by atoms with van der Waals surface area (Å²) in [6, 6.07) is 17.7. The Kier molecular flexibility index (Phi) is 7.78. The Morgan fingerprint density at radius 2 is 1.74 bits per heavy atom. The molecule has 0 fully saturated rings. The van der Waals surface area contributed by atoms with Gasteiger partial charge in [-0.3, -0.25) is 20.6 Å². The maximum atomic E-state index is 9.94. The van der Waals surface area contributed by atoms with E-state index in [9.17, 15) is 10.5 Å². The minimum absolute atomic E-state index is 0.190. The first-order chi connectivity index (χ1) is 16.7. The van der Waals surface area contributed by atoms with Crippen molar-refractivity contribution in [3.8, 4) is 6.07 Å². The molecule has 3 heterocycles. The third kappa shape index (κ3) is 5.55. The number of allylic oxidation sites excluding steroid dienone is 1. The molecule has 1 aromatic carbocycles. The molecule has 8 nitrogen and oxygen atoms in total. The summed E-state index contributed by atoms with van der Waals surface area (Å²) in [5.74, 6) is -0.191. The first kappa shape index (κ1) is 23.3. The number of hydrazine groups is 1. The zero-order valence-electron chi connectivity index (χ0n) is 18.5. The Bertz CT molecular complexity index is 1200. The quantitative estimate of drug-likeness (QED) is 0.396. The number of rotatable bonds is 7. The van der Waals surface area contributed by atoms with Crippen LogP contribution in [-0.2, 0) is 0 Å². The number of aliphatic imine (C=N–C) groups is 2. The molecule has 2 N–H and O–H groups in total. The van der Waals surface area contributed by atoms with Gasteiger partial charge in [-0.2, -0.15) is 5.26 Å². The van der Waals surface area contributed by atoms with E-state index in [2.05, 4.69) is 26.5 Å². The van der Waals surface area contributed by atoms with Crippen molar-refractivity contribution in [1.82, 2.24) is 20.0 Å². The molecule has 1 aliphatic rings. The Morgan fingerprint density at radius 3 is 2.35 bits per heavy atom. The predicted molar refractivity (Wildman–Crippen MR) is 133 cm³/mol. The molecule has 3 aromatic rings. The number of nitrogens with one attached hydrogen (secondary N) is 1. The van der Waals surface area contributed by atoms with Crippen LogP contribution in [0.3, 0.4) is 0 Å². The lowest BCUT2D eigenvalue weighted by Crippen LogP contribution is -2.35. The highest BCUT2D eigenvalue weighted by Crippen LogP contribution is 2.40. The van der Waals surface area contributed by atoms with Gasteiger partial charge in [-0.05, 0) is 63.6 Å². The normalized spacial score (nSPS) is 14.2. The van der Waals surface area contributed by atoms with Crippen molar-refractivity contribution in [2.75, 3.05) is 12.8 Å². The molecule has 4 rings (SSSR count). The lowest BCUT2D eigenvalue weighted by molar-refractivity contribution is -0.00960. The Morgan fingerprint density at radius 1 is 1.03 bits per heavy atom. The van der Waals surface area contributed by atoms with Gasteiger partial charge in [0.1, 0.15) is 0 Å². The Labute approximate surface area is 202 Å². The number of hydrogen-bond donors (Lipinski definition) is 2. The van der Waals surface area contributed by atoms with Gasteiger partial charge in [0.15, 0.2) is 0 Å². The monoisotopic (exact) mass is 469 g/mol. The van der Waals surface area contributed by atoms with Crippen LogP contribution in [0.2, 0.25) is 0 Å². The minimum atomic E-state index is -0.288. The smallest absolute Gasteiger partial charge is 0.235 e. The second-order valence-corrected chi connectivity index (χ2v) is 8.15. The van der Waals surface area contributed by atoms with Gasteiger partial charge in [0.25, 0.3) is 0 Å². The van der Waals surface area contributed by atoms with Gasteiger partial charge in [-0.25, -0.2) is 9.98 Å². The van der Waals surface area contributed by atoms with Crippen molar-refractivity contribution < 1.29 is 5.21 Å². The fourth-order valence-electron chi connectivity index (χ4n) is 3.91. The highest BCUT2D eigenvalue weighted by molar-refractivity contribution is 7.96. The summed E-state index contributed by atoms with van der Waals surface area (Å²) in [6.45, 7) is 0.410. The lowest BCUT2D eigenvalue weighted by Gasteiger charge is -2.29. The third-order valence-corrected chi connectivity index (χ3v) is 5.79. The molecule has 0 amide bonds. The summed E-state index contributed by atoms with van der Waals surface area (Å²) >= 11 is 1.09. The van der Waals surface area contributed by atoms with Gasteiger partial charge in [0, 0.05) is 42.9 Å². The Balaban J connectivity index is 1.92. The molecule has 9 heteroatoms. The number of aromatic nitrogens is 2. The Hall–Kier alpha value is -3.84. The fourth-order valence-corrected chi connectivity index (χ4v) is 4.08. The molecular formula is C25H23N7OS. The van der Waals surface area contributed by atoms with Gasteiger partial charge in [0.05, 0.1) is 23.9 Å². The van der Waals surface area contributed by atoms with Crippen LogP contribution in [0.25, 0.3) is 0 Å². The molecule has 0 saturated heterocycles. The molecule has 1 unspecified atom stereocenters. The van der Waals surface area contributed by atoms with E-state index in [0.29, 0.717) is 12.1 Å². The molecule has 0 bridgehead atoms. The minimum Gasteiger partial charge on any atom is -0.285 e. The van der Waals surface area contributed by atoms with Gasteiger partial charge in [-0.15, -0.1) is 0 Å². The van der Waals surface area contributed by atoms with Crippen LogP contribution in [0.4, 0.5) is 0 Å². The first-order valence-electron chi connectivity index (χ1n) is 10.6. The van der Waals surface area contributed by atoms with Crippen LogP contribution in [-0.4, -0.2) is 44.2 Å². The second kappa shape index (κ2) is 11.3. The molecular weight excluding hydrogens is 446 g/mol. The van der Waals surface area contributed by atoms with E-state index < -0.39 is 0 Å².